The van der Waals surface area contributed by atoms with E-state index in [1.807, 2.05) is 0 Å². The van der Waals surface area contributed by atoms with Crippen molar-refractivity contribution in [3.8, 4) is 0 Å². The van der Waals surface area contributed by atoms with Crippen LogP contribution < -0.4 is 10.6 Å². The Hall–Kier alpha value is -0.610. The van der Waals surface area contributed by atoms with Gasteiger partial charge in [0.2, 0.25) is 5.91 Å². The van der Waals surface area contributed by atoms with Gasteiger partial charge in [-0.05, 0) is 63.2 Å². The van der Waals surface area contributed by atoms with Crippen LogP contribution in [-0.2, 0) is 4.79 Å². The minimum absolute atomic E-state index is 0.244. The molecule has 0 radical (unpaired) electrons. The van der Waals surface area contributed by atoms with E-state index in [2.05, 4.69) is 22.5 Å². The molecule has 1 amide bonds. The fourth-order valence-electron chi connectivity index (χ4n) is 5.68. The van der Waals surface area contributed by atoms with Crippen molar-refractivity contribution in [2.75, 3.05) is 19.6 Å². The summed E-state index contributed by atoms with van der Waals surface area (Å²) in [6.45, 7) is 4.95. The number of amides is 1. The van der Waals surface area contributed by atoms with E-state index in [4.69, 9.17) is 0 Å². The molecule has 2 saturated carbocycles. The maximum atomic E-state index is 12.4. The largest absolute Gasteiger partial charge is 0.352 e. The monoisotopic (exact) mass is 305 g/mol. The maximum absolute atomic E-state index is 12.4. The summed E-state index contributed by atoms with van der Waals surface area (Å²) in [6, 6.07) is 1.68. The van der Waals surface area contributed by atoms with Gasteiger partial charge in [-0.1, -0.05) is 6.42 Å². The fourth-order valence-corrected chi connectivity index (χ4v) is 5.68. The molecule has 2 saturated heterocycles. The van der Waals surface area contributed by atoms with E-state index in [1.165, 1.54) is 44.9 Å². The number of nitrogens with one attached hydrogen (secondary N) is 2. The highest BCUT2D eigenvalue weighted by molar-refractivity contribution is 5.78. The summed E-state index contributed by atoms with van der Waals surface area (Å²) in [5, 5.41) is 7.00. The number of rotatable bonds is 4. The van der Waals surface area contributed by atoms with E-state index in [0.717, 1.165) is 30.8 Å². The average molecular weight is 305 g/mol. The van der Waals surface area contributed by atoms with E-state index in [9.17, 15) is 4.79 Å². The Morgan fingerprint density at radius 2 is 2.05 bits per heavy atom. The molecule has 6 unspecified atom stereocenters. The molecule has 0 aromatic heterocycles. The van der Waals surface area contributed by atoms with Crippen LogP contribution in [0.3, 0.4) is 0 Å². The van der Waals surface area contributed by atoms with Gasteiger partial charge < -0.3 is 10.6 Å². The van der Waals surface area contributed by atoms with E-state index < -0.39 is 0 Å². The van der Waals surface area contributed by atoms with Crippen LogP contribution in [0.4, 0.5) is 0 Å². The van der Waals surface area contributed by atoms with Crippen molar-refractivity contribution in [2.24, 2.45) is 17.8 Å². The Morgan fingerprint density at radius 3 is 2.82 bits per heavy atom. The number of fused-ring (bicyclic) bond motifs is 4. The first-order valence-electron chi connectivity index (χ1n) is 9.45. The predicted molar refractivity (Wildman–Crippen MR) is 87.5 cm³/mol. The number of carbonyl (C=O) groups is 1. The molecule has 2 N–H and O–H groups in total. The van der Waals surface area contributed by atoms with Crippen LogP contribution in [0.1, 0.15) is 51.9 Å². The molecular formula is C18H31N3O. The molecular weight excluding hydrogens is 274 g/mol. The van der Waals surface area contributed by atoms with E-state index in [0.29, 0.717) is 24.7 Å². The zero-order chi connectivity index (χ0) is 15.1. The summed E-state index contributed by atoms with van der Waals surface area (Å²) in [4.78, 5) is 14.8. The Labute approximate surface area is 134 Å². The molecule has 124 valence electrons. The second-order valence-corrected chi connectivity index (χ2v) is 8.36. The van der Waals surface area contributed by atoms with Crippen LogP contribution in [0.15, 0.2) is 0 Å². The lowest BCUT2D eigenvalue weighted by molar-refractivity contribution is -0.123. The molecule has 0 spiro atoms. The fraction of sp³-hybridized carbons (Fsp3) is 0.944. The van der Waals surface area contributed by atoms with Gasteiger partial charge in [0.15, 0.2) is 0 Å². The summed E-state index contributed by atoms with van der Waals surface area (Å²) < 4.78 is 0. The molecule has 2 heterocycles. The molecule has 2 aliphatic heterocycles. The zero-order valence-corrected chi connectivity index (χ0v) is 13.9. The van der Waals surface area contributed by atoms with Gasteiger partial charge in [-0.2, -0.15) is 0 Å². The van der Waals surface area contributed by atoms with Crippen LogP contribution in [0.2, 0.25) is 0 Å². The number of hydrogen-bond acceptors (Lipinski definition) is 3. The third-order valence-electron chi connectivity index (χ3n) is 6.80. The van der Waals surface area contributed by atoms with Gasteiger partial charge in [-0.15, -0.1) is 0 Å². The van der Waals surface area contributed by atoms with Gasteiger partial charge in [-0.3, -0.25) is 9.69 Å². The lowest BCUT2D eigenvalue weighted by Crippen LogP contribution is -2.46. The first-order valence-corrected chi connectivity index (χ1v) is 9.45. The van der Waals surface area contributed by atoms with Crippen molar-refractivity contribution < 1.29 is 4.79 Å². The van der Waals surface area contributed by atoms with Gasteiger partial charge in [0.1, 0.15) is 0 Å². The van der Waals surface area contributed by atoms with Crippen molar-refractivity contribution >= 4 is 5.91 Å². The molecule has 4 rings (SSSR count). The van der Waals surface area contributed by atoms with E-state index in [-0.39, 0.29) is 5.91 Å². The average Bonchev–Trinajstić information content (AvgIpc) is 3.16. The molecule has 0 aromatic rings. The van der Waals surface area contributed by atoms with Crippen molar-refractivity contribution in [1.82, 2.24) is 15.5 Å². The molecule has 4 bridgehead atoms. The number of carbonyl (C=O) groups excluding carboxylic acids is 1. The third-order valence-corrected chi connectivity index (χ3v) is 6.80. The summed E-state index contributed by atoms with van der Waals surface area (Å²) in [6.07, 6.45) is 9.42. The van der Waals surface area contributed by atoms with Gasteiger partial charge in [0.05, 0.1) is 6.54 Å². The zero-order valence-electron chi connectivity index (χ0n) is 13.9. The molecule has 4 aliphatic rings. The minimum Gasteiger partial charge on any atom is -0.352 e. The summed E-state index contributed by atoms with van der Waals surface area (Å²) in [5.41, 5.74) is 0. The normalized spacial score (nSPS) is 42.3. The Balaban J connectivity index is 1.25. The molecule has 2 aliphatic carbocycles. The predicted octanol–water partition coefficient (Wildman–Crippen LogP) is 1.75. The van der Waals surface area contributed by atoms with E-state index in [1.54, 1.807) is 0 Å². The summed E-state index contributed by atoms with van der Waals surface area (Å²) in [5.74, 6) is 2.83. The first-order chi connectivity index (χ1) is 10.7. The molecule has 22 heavy (non-hydrogen) atoms. The minimum atomic E-state index is 0.244. The number of hydrogen-bond donors (Lipinski definition) is 2. The SMILES string of the molecule is CC(NC(=O)CN1CCC2CCC(C1)N2)C1CC2CCC1C2. The highest BCUT2D eigenvalue weighted by atomic mass is 16.2. The molecule has 4 fully saturated rings. The summed E-state index contributed by atoms with van der Waals surface area (Å²) >= 11 is 0. The quantitative estimate of drug-likeness (QED) is 0.832. The molecule has 4 nitrogen and oxygen atoms in total. The van der Waals surface area contributed by atoms with Crippen LogP contribution in [0, 0.1) is 17.8 Å². The summed E-state index contributed by atoms with van der Waals surface area (Å²) in [7, 11) is 0. The van der Waals surface area contributed by atoms with Crippen LogP contribution in [-0.4, -0.2) is 48.6 Å². The Kier molecular flexibility index (Phi) is 4.16. The lowest BCUT2D eigenvalue weighted by atomic mass is 9.84. The van der Waals surface area contributed by atoms with Crippen LogP contribution in [0.25, 0.3) is 0 Å². The van der Waals surface area contributed by atoms with Gasteiger partial charge in [0, 0.05) is 31.2 Å². The highest BCUT2D eigenvalue weighted by Crippen LogP contribution is 2.49. The smallest absolute Gasteiger partial charge is 0.234 e. The van der Waals surface area contributed by atoms with Crippen LogP contribution in [0.5, 0.6) is 0 Å². The third kappa shape index (κ3) is 3.05. The topological polar surface area (TPSA) is 44.4 Å². The maximum Gasteiger partial charge on any atom is 0.234 e. The first kappa shape index (κ1) is 14.9. The lowest BCUT2D eigenvalue weighted by Gasteiger charge is -2.30. The molecule has 6 atom stereocenters. The second-order valence-electron chi connectivity index (χ2n) is 8.36. The van der Waals surface area contributed by atoms with Crippen molar-refractivity contribution in [2.45, 2.75) is 70.0 Å². The van der Waals surface area contributed by atoms with E-state index >= 15 is 0 Å². The number of likely N-dealkylation sites (tertiary alicyclic amines) is 1. The Morgan fingerprint density at radius 1 is 1.18 bits per heavy atom. The highest BCUT2D eigenvalue weighted by Gasteiger charge is 2.42. The van der Waals surface area contributed by atoms with Crippen molar-refractivity contribution in [3.05, 3.63) is 0 Å². The second kappa shape index (κ2) is 6.12. The number of nitrogens with zero attached hydrogens (tertiary/aromatic N) is 1. The van der Waals surface area contributed by atoms with Gasteiger partial charge in [-0.25, -0.2) is 0 Å². The van der Waals surface area contributed by atoms with Gasteiger partial charge >= 0.3 is 0 Å². The standard InChI is InChI=1S/C18H31N3O/c1-12(17-9-13-2-3-14(17)8-13)19-18(22)11-21-7-6-15-4-5-16(10-21)20-15/h12-17,20H,2-11H2,1H3,(H,19,22). The molecule has 4 heteroatoms. The van der Waals surface area contributed by atoms with Gasteiger partial charge in [0.25, 0.3) is 0 Å². The molecule has 0 aromatic carbocycles. The Bertz CT molecular complexity index is 421. The van der Waals surface area contributed by atoms with Crippen molar-refractivity contribution in [1.29, 1.82) is 0 Å². The van der Waals surface area contributed by atoms with Crippen molar-refractivity contribution in [3.63, 3.8) is 0 Å². The van der Waals surface area contributed by atoms with Crippen LogP contribution >= 0.6 is 0 Å².